The second-order valence-electron chi connectivity index (χ2n) is 4.17. The van der Waals surface area contributed by atoms with Gasteiger partial charge in [0.05, 0.1) is 6.04 Å². The van der Waals surface area contributed by atoms with Crippen LogP contribution in [-0.2, 0) is 0 Å². The molecule has 6 heteroatoms. The van der Waals surface area contributed by atoms with Crippen molar-refractivity contribution in [2.75, 3.05) is 11.4 Å². The van der Waals surface area contributed by atoms with E-state index in [1.54, 1.807) is 17.2 Å². The summed E-state index contributed by atoms with van der Waals surface area (Å²) in [6, 6.07) is 11.2. The fraction of sp³-hybridized carbons (Fsp3) is 0.154. The lowest BCUT2D eigenvalue weighted by Crippen LogP contribution is -2.30. The van der Waals surface area contributed by atoms with Gasteiger partial charge in [0.1, 0.15) is 5.82 Å². The molecule has 1 aliphatic heterocycles. The topological polar surface area (TPSA) is 58.1 Å². The maximum Gasteiger partial charge on any atom is 0.323 e. The normalized spacial score (nSPS) is 18.5. The van der Waals surface area contributed by atoms with Gasteiger partial charge in [-0.25, -0.2) is 14.8 Å². The summed E-state index contributed by atoms with van der Waals surface area (Å²) >= 11 is 5.78. The number of halogens is 1. The molecule has 2 heterocycles. The lowest BCUT2D eigenvalue weighted by molar-refractivity contribution is 0.251. The van der Waals surface area contributed by atoms with E-state index in [0.717, 1.165) is 5.56 Å². The van der Waals surface area contributed by atoms with Crippen LogP contribution in [0.25, 0.3) is 0 Å². The first-order chi connectivity index (χ1) is 9.25. The van der Waals surface area contributed by atoms with Crippen LogP contribution >= 0.6 is 11.6 Å². The highest BCUT2D eigenvalue weighted by atomic mass is 35.5. The molecule has 0 radical (unpaired) electrons. The van der Waals surface area contributed by atoms with Crippen LogP contribution in [0.1, 0.15) is 11.6 Å². The van der Waals surface area contributed by atoms with Crippen LogP contribution in [0, 0.1) is 0 Å². The number of hydrogen-bond acceptors (Lipinski definition) is 3. The Labute approximate surface area is 115 Å². The van der Waals surface area contributed by atoms with Crippen molar-refractivity contribution in [3.8, 4) is 0 Å². The summed E-state index contributed by atoms with van der Waals surface area (Å²) in [6.07, 6.45) is 1.54. The molecule has 96 valence electrons. The van der Waals surface area contributed by atoms with Gasteiger partial charge in [0.15, 0.2) is 0 Å². The zero-order valence-electron chi connectivity index (χ0n) is 9.95. The van der Waals surface area contributed by atoms with E-state index in [0.29, 0.717) is 12.4 Å². The van der Waals surface area contributed by atoms with Gasteiger partial charge in [-0.05, 0) is 23.2 Å². The van der Waals surface area contributed by atoms with E-state index in [-0.39, 0.29) is 17.4 Å². The van der Waals surface area contributed by atoms with Crippen molar-refractivity contribution >= 4 is 23.4 Å². The maximum absolute atomic E-state index is 12.0. The first-order valence-corrected chi connectivity index (χ1v) is 6.24. The smallest absolute Gasteiger partial charge is 0.323 e. The third-order valence-electron chi connectivity index (χ3n) is 3.02. The molecule has 1 aliphatic rings. The maximum atomic E-state index is 12.0. The van der Waals surface area contributed by atoms with Gasteiger partial charge in [-0.2, -0.15) is 0 Å². The van der Waals surface area contributed by atoms with E-state index in [2.05, 4.69) is 15.3 Å². The molecule has 0 bridgehead atoms. The molecular weight excluding hydrogens is 264 g/mol. The van der Waals surface area contributed by atoms with Crippen molar-refractivity contribution in [1.29, 1.82) is 0 Å². The van der Waals surface area contributed by atoms with Gasteiger partial charge >= 0.3 is 6.03 Å². The summed E-state index contributed by atoms with van der Waals surface area (Å²) in [7, 11) is 0. The third-order valence-corrected chi connectivity index (χ3v) is 3.20. The van der Waals surface area contributed by atoms with Crippen LogP contribution in [0.4, 0.5) is 10.6 Å². The van der Waals surface area contributed by atoms with E-state index >= 15 is 0 Å². The second kappa shape index (κ2) is 4.85. The molecule has 1 aromatic heterocycles. The molecule has 2 aromatic rings. The predicted molar refractivity (Wildman–Crippen MR) is 72.1 cm³/mol. The summed E-state index contributed by atoms with van der Waals surface area (Å²) in [5.74, 6) is 0.504. The zero-order chi connectivity index (χ0) is 13.2. The van der Waals surface area contributed by atoms with E-state index in [1.165, 1.54) is 0 Å². The van der Waals surface area contributed by atoms with Crippen LogP contribution < -0.4 is 10.2 Å². The SMILES string of the molecule is O=C1NCC(c2ccccc2)N1c1ccnc(Cl)n1. The van der Waals surface area contributed by atoms with Gasteiger partial charge in [-0.15, -0.1) is 0 Å². The highest BCUT2D eigenvalue weighted by molar-refractivity contribution is 6.28. The van der Waals surface area contributed by atoms with Crippen molar-refractivity contribution in [1.82, 2.24) is 15.3 Å². The Bertz CT molecular complexity index is 605. The standard InChI is InChI=1S/C13H11ClN4O/c14-12-15-7-6-11(17-12)18-10(8-16-13(18)19)9-4-2-1-3-5-9/h1-7,10H,8H2,(H,16,19). The first kappa shape index (κ1) is 11.9. The third kappa shape index (κ3) is 2.24. The molecule has 1 fully saturated rings. The van der Waals surface area contributed by atoms with Gasteiger partial charge in [0, 0.05) is 12.7 Å². The molecule has 0 saturated carbocycles. The monoisotopic (exact) mass is 274 g/mol. The fourth-order valence-electron chi connectivity index (χ4n) is 2.17. The highest BCUT2D eigenvalue weighted by Crippen LogP contribution is 2.29. The molecule has 1 aromatic carbocycles. The molecule has 3 rings (SSSR count). The highest BCUT2D eigenvalue weighted by Gasteiger charge is 2.33. The predicted octanol–water partition coefficient (Wildman–Crippen LogP) is 2.40. The van der Waals surface area contributed by atoms with Crippen molar-refractivity contribution in [2.24, 2.45) is 0 Å². The zero-order valence-corrected chi connectivity index (χ0v) is 10.7. The number of nitrogens with one attached hydrogen (secondary N) is 1. The largest absolute Gasteiger partial charge is 0.335 e. The molecule has 2 amide bonds. The van der Waals surface area contributed by atoms with E-state index in [9.17, 15) is 4.79 Å². The van der Waals surface area contributed by atoms with Crippen LogP contribution in [0.15, 0.2) is 42.6 Å². The van der Waals surface area contributed by atoms with Crippen LogP contribution in [0.2, 0.25) is 5.28 Å². The number of nitrogens with zero attached hydrogens (tertiary/aromatic N) is 3. The van der Waals surface area contributed by atoms with E-state index in [1.807, 2.05) is 30.3 Å². The van der Waals surface area contributed by atoms with Gasteiger partial charge in [-0.1, -0.05) is 30.3 Å². The van der Waals surface area contributed by atoms with Gasteiger partial charge in [0.2, 0.25) is 5.28 Å². The Morgan fingerprint density at radius 1 is 1.26 bits per heavy atom. The number of amides is 2. The summed E-state index contributed by atoms with van der Waals surface area (Å²) in [5.41, 5.74) is 1.05. The van der Waals surface area contributed by atoms with E-state index in [4.69, 9.17) is 11.6 Å². The quantitative estimate of drug-likeness (QED) is 0.856. The summed E-state index contributed by atoms with van der Waals surface area (Å²) in [5, 5.41) is 2.95. The minimum atomic E-state index is -0.177. The Morgan fingerprint density at radius 3 is 2.79 bits per heavy atom. The summed E-state index contributed by atoms with van der Waals surface area (Å²) in [4.78, 5) is 21.5. The molecule has 0 spiro atoms. The molecule has 19 heavy (non-hydrogen) atoms. The van der Waals surface area contributed by atoms with Crippen LogP contribution in [0.3, 0.4) is 0 Å². The Hall–Kier alpha value is -2.14. The number of anilines is 1. The number of urea groups is 1. The number of aromatic nitrogens is 2. The number of hydrogen-bond donors (Lipinski definition) is 1. The Morgan fingerprint density at radius 2 is 2.05 bits per heavy atom. The molecule has 1 atom stereocenters. The van der Waals surface area contributed by atoms with Gasteiger partial charge in [0.25, 0.3) is 0 Å². The molecule has 5 nitrogen and oxygen atoms in total. The van der Waals surface area contributed by atoms with Gasteiger partial charge < -0.3 is 5.32 Å². The average Bonchev–Trinajstić information content (AvgIpc) is 2.82. The van der Waals surface area contributed by atoms with Crippen LogP contribution in [-0.4, -0.2) is 22.5 Å². The van der Waals surface area contributed by atoms with Crippen molar-refractivity contribution in [3.05, 3.63) is 53.4 Å². The molecule has 1 unspecified atom stereocenters. The lowest BCUT2D eigenvalue weighted by atomic mass is 10.1. The number of carbonyl (C=O) groups excluding carboxylic acids is 1. The second-order valence-corrected chi connectivity index (χ2v) is 4.50. The van der Waals surface area contributed by atoms with Gasteiger partial charge in [-0.3, -0.25) is 4.90 Å². The minimum Gasteiger partial charge on any atom is -0.335 e. The van der Waals surface area contributed by atoms with Crippen molar-refractivity contribution < 1.29 is 4.79 Å². The molecule has 0 aliphatic carbocycles. The number of rotatable bonds is 2. The van der Waals surface area contributed by atoms with Crippen molar-refractivity contribution in [3.63, 3.8) is 0 Å². The fourth-order valence-corrected chi connectivity index (χ4v) is 2.31. The molecule has 1 N–H and O–H groups in total. The van der Waals surface area contributed by atoms with Crippen molar-refractivity contribution in [2.45, 2.75) is 6.04 Å². The Kier molecular flexibility index (Phi) is 3.05. The first-order valence-electron chi connectivity index (χ1n) is 5.86. The lowest BCUT2D eigenvalue weighted by Gasteiger charge is -2.22. The number of benzene rings is 1. The minimum absolute atomic E-state index is 0.0836. The molecular formula is C13H11ClN4O. The number of carbonyl (C=O) groups is 1. The Balaban J connectivity index is 2.00. The summed E-state index contributed by atoms with van der Waals surface area (Å²) in [6.45, 7) is 0.546. The van der Waals surface area contributed by atoms with Crippen LogP contribution in [0.5, 0.6) is 0 Å². The van der Waals surface area contributed by atoms with E-state index < -0.39 is 0 Å². The average molecular weight is 275 g/mol. The molecule has 1 saturated heterocycles. The summed E-state index contributed by atoms with van der Waals surface area (Å²) < 4.78 is 0.